The van der Waals surface area contributed by atoms with Crippen LogP contribution in [0.2, 0.25) is 0 Å². The first-order valence-corrected chi connectivity index (χ1v) is 14.5. The molecule has 0 unspecified atom stereocenters. The Bertz CT molecular complexity index is 1540. The van der Waals surface area contributed by atoms with Crippen LogP contribution in [0.4, 0.5) is 13.2 Å². The highest BCUT2D eigenvalue weighted by molar-refractivity contribution is 5.87. The topological polar surface area (TPSA) is 96.3 Å². The fourth-order valence-electron chi connectivity index (χ4n) is 4.69. The van der Waals surface area contributed by atoms with Gasteiger partial charge in [-0.3, -0.25) is 9.69 Å². The molecule has 7 nitrogen and oxygen atoms in total. The first-order valence-electron chi connectivity index (χ1n) is 14.5. The number of carbonyl (C=O) groups is 2. The summed E-state index contributed by atoms with van der Waals surface area (Å²) in [6, 6.07) is 26.1. The van der Waals surface area contributed by atoms with E-state index in [9.17, 15) is 27.9 Å². The van der Waals surface area contributed by atoms with Crippen molar-refractivity contribution in [1.82, 2.24) is 4.90 Å². The molecule has 0 aliphatic rings. The Kier molecular flexibility index (Phi) is 11.6. The second kappa shape index (κ2) is 15.8. The van der Waals surface area contributed by atoms with Crippen LogP contribution in [-0.4, -0.2) is 40.1 Å². The maximum Gasteiger partial charge on any atom is 0.416 e. The minimum absolute atomic E-state index is 0.111. The van der Waals surface area contributed by atoms with Gasteiger partial charge < -0.3 is 19.7 Å². The summed E-state index contributed by atoms with van der Waals surface area (Å²) >= 11 is 0. The van der Waals surface area contributed by atoms with Crippen LogP contribution in [0.5, 0.6) is 17.2 Å². The van der Waals surface area contributed by atoms with Gasteiger partial charge in [-0.05, 0) is 97.1 Å². The highest BCUT2D eigenvalue weighted by Gasteiger charge is 2.30. The van der Waals surface area contributed by atoms with Gasteiger partial charge in [-0.1, -0.05) is 42.5 Å². The molecule has 0 spiro atoms. The van der Waals surface area contributed by atoms with Crippen LogP contribution in [0.3, 0.4) is 0 Å². The summed E-state index contributed by atoms with van der Waals surface area (Å²) in [6.45, 7) is 2.27. The Morgan fingerprint density at radius 1 is 0.733 bits per heavy atom. The number of carboxylic acid groups (broad SMARTS) is 2. The van der Waals surface area contributed by atoms with Gasteiger partial charge in [-0.2, -0.15) is 13.2 Å². The number of carboxylic acids is 2. The molecule has 0 amide bonds. The smallest absolute Gasteiger partial charge is 0.416 e. The number of para-hydroxylation sites is 1. The van der Waals surface area contributed by atoms with E-state index < -0.39 is 23.7 Å². The lowest BCUT2D eigenvalue weighted by Crippen LogP contribution is -2.27. The lowest BCUT2D eigenvalue weighted by Gasteiger charge is -2.23. The van der Waals surface area contributed by atoms with E-state index in [-0.39, 0.29) is 12.0 Å². The third kappa shape index (κ3) is 10.7. The molecule has 0 aliphatic heterocycles. The molecule has 0 bridgehead atoms. The molecule has 0 aromatic heterocycles. The summed E-state index contributed by atoms with van der Waals surface area (Å²) < 4.78 is 50.2. The number of alkyl halides is 3. The summed E-state index contributed by atoms with van der Waals surface area (Å²) in [6.07, 6.45) is -2.32. The standard InChI is InChI=1S/C35H34F3NO6/c36-35(37,38)29-14-18-31(19-15-29)45-30-16-10-26(11-17-30)24-44-32-6-2-1-5-27(32)20-22-39(21-4-3-7-33(40)41)23-25-8-12-28(13-9-25)34(42)43/h1-2,5-6,8-19H,3-4,7,20-24H2,(H,40,41)(H,42,43). The van der Waals surface area contributed by atoms with Crippen LogP contribution in [0.15, 0.2) is 97.1 Å². The van der Waals surface area contributed by atoms with Gasteiger partial charge in [0, 0.05) is 19.5 Å². The number of ether oxygens (including phenoxy) is 2. The molecule has 45 heavy (non-hydrogen) atoms. The summed E-state index contributed by atoms with van der Waals surface area (Å²) in [5.41, 5.74) is 2.34. The molecule has 0 radical (unpaired) electrons. The molecule has 0 saturated heterocycles. The maximum absolute atomic E-state index is 12.8. The van der Waals surface area contributed by atoms with Crippen LogP contribution in [0.25, 0.3) is 0 Å². The number of unbranched alkanes of at least 4 members (excludes halogenated alkanes) is 1. The van der Waals surface area contributed by atoms with E-state index in [2.05, 4.69) is 4.90 Å². The van der Waals surface area contributed by atoms with Gasteiger partial charge in [0.25, 0.3) is 0 Å². The Balaban J connectivity index is 1.34. The fourth-order valence-corrected chi connectivity index (χ4v) is 4.69. The van der Waals surface area contributed by atoms with Gasteiger partial charge in [0.1, 0.15) is 23.9 Å². The molecule has 4 aromatic rings. The molecule has 4 rings (SSSR count). The number of benzene rings is 4. The van der Waals surface area contributed by atoms with E-state index in [0.29, 0.717) is 50.6 Å². The number of halogens is 3. The zero-order chi connectivity index (χ0) is 32.2. The molecule has 0 heterocycles. The predicted molar refractivity (Wildman–Crippen MR) is 163 cm³/mol. The Morgan fingerprint density at radius 3 is 1.98 bits per heavy atom. The van der Waals surface area contributed by atoms with Crippen molar-refractivity contribution in [1.29, 1.82) is 0 Å². The van der Waals surface area contributed by atoms with Crippen molar-refractivity contribution < 1.29 is 42.4 Å². The Morgan fingerprint density at radius 2 is 1.36 bits per heavy atom. The van der Waals surface area contributed by atoms with Crippen LogP contribution in [0.1, 0.15) is 51.9 Å². The summed E-state index contributed by atoms with van der Waals surface area (Å²) in [7, 11) is 0. The van der Waals surface area contributed by atoms with E-state index in [0.717, 1.165) is 41.0 Å². The van der Waals surface area contributed by atoms with Gasteiger partial charge >= 0.3 is 18.1 Å². The number of nitrogens with zero attached hydrogens (tertiary/aromatic N) is 1. The van der Waals surface area contributed by atoms with Crippen molar-refractivity contribution in [3.05, 3.63) is 125 Å². The van der Waals surface area contributed by atoms with Crippen molar-refractivity contribution in [2.45, 2.75) is 45.0 Å². The first kappa shape index (κ1) is 33.1. The maximum atomic E-state index is 12.8. The van der Waals surface area contributed by atoms with Crippen molar-refractivity contribution in [3.8, 4) is 17.2 Å². The molecule has 0 aliphatic carbocycles. The quantitative estimate of drug-likeness (QED) is 0.122. The number of hydrogen-bond donors (Lipinski definition) is 2. The Labute approximate surface area is 259 Å². The highest BCUT2D eigenvalue weighted by atomic mass is 19.4. The van der Waals surface area contributed by atoms with Crippen molar-refractivity contribution >= 4 is 11.9 Å². The van der Waals surface area contributed by atoms with Crippen LogP contribution in [-0.2, 0) is 30.5 Å². The fraction of sp³-hybridized carbons (Fsp3) is 0.257. The van der Waals surface area contributed by atoms with Crippen LogP contribution >= 0.6 is 0 Å². The minimum atomic E-state index is -4.40. The number of hydrogen-bond acceptors (Lipinski definition) is 5. The van der Waals surface area contributed by atoms with Gasteiger partial charge in [-0.15, -0.1) is 0 Å². The number of aliphatic carboxylic acids is 1. The van der Waals surface area contributed by atoms with Gasteiger partial charge in [0.2, 0.25) is 0 Å². The summed E-state index contributed by atoms with van der Waals surface area (Å²) in [5, 5.41) is 18.2. The van der Waals surface area contributed by atoms with Crippen molar-refractivity contribution in [2.24, 2.45) is 0 Å². The molecule has 10 heteroatoms. The molecule has 0 fully saturated rings. The third-order valence-corrected chi connectivity index (χ3v) is 7.13. The second-order valence-electron chi connectivity index (χ2n) is 10.5. The zero-order valence-electron chi connectivity index (χ0n) is 24.5. The number of aromatic carboxylic acids is 1. The summed E-state index contributed by atoms with van der Waals surface area (Å²) in [5.74, 6) is -0.280. The molecular formula is C35H34F3NO6. The predicted octanol–water partition coefficient (Wildman–Crippen LogP) is 8.07. The minimum Gasteiger partial charge on any atom is -0.489 e. The average molecular weight is 622 g/mol. The Hall–Kier alpha value is -4.83. The van der Waals surface area contributed by atoms with E-state index in [4.69, 9.17) is 14.6 Å². The monoisotopic (exact) mass is 621 g/mol. The van der Waals surface area contributed by atoms with Crippen molar-refractivity contribution in [2.75, 3.05) is 13.1 Å². The van der Waals surface area contributed by atoms with E-state index in [1.807, 2.05) is 36.4 Å². The van der Waals surface area contributed by atoms with Gasteiger partial charge in [0.05, 0.1) is 11.1 Å². The second-order valence-corrected chi connectivity index (χ2v) is 10.5. The molecule has 2 N–H and O–H groups in total. The third-order valence-electron chi connectivity index (χ3n) is 7.13. The lowest BCUT2D eigenvalue weighted by atomic mass is 10.1. The zero-order valence-corrected chi connectivity index (χ0v) is 24.5. The molecule has 4 aromatic carbocycles. The highest BCUT2D eigenvalue weighted by Crippen LogP contribution is 2.31. The summed E-state index contributed by atoms with van der Waals surface area (Å²) in [4.78, 5) is 24.4. The normalized spacial score (nSPS) is 11.4. The molecule has 236 valence electrons. The van der Waals surface area contributed by atoms with E-state index >= 15 is 0 Å². The lowest BCUT2D eigenvalue weighted by molar-refractivity contribution is -0.138. The average Bonchev–Trinajstić information content (AvgIpc) is 3.02. The van der Waals surface area contributed by atoms with Gasteiger partial charge in [-0.25, -0.2) is 4.79 Å². The molecular weight excluding hydrogens is 587 g/mol. The SMILES string of the molecule is O=C(O)CCCCN(CCc1ccccc1OCc1ccc(Oc2ccc(C(F)(F)F)cc2)cc1)Cc1ccc(C(=O)O)cc1. The first-order chi connectivity index (χ1) is 21.6. The largest absolute Gasteiger partial charge is 0.489 e. The van der Waals surface area contributed by atoms with Crippen molar-refractivity contribution in [3.63, 3.8) is 0 Å². The number of rotatable bonds is 16. The van der Waals surface area contributed by atoms with E-state index in [1.165, 1.54) is 12.1 Å². The van der Waals surface area contributed by atoms with Crippen LogP contribution in [0, 0.1) is 0 Å². The molecule has 0 saturated carbocycles. The molecule has 0 atom stereocenters. The van der Waals surface area contributed by atoms with Crippen LogP contribution < -0.4 is 9.47 Å². The van der Waals surface area contributed by atoms with Gasteiger partial charge in [0.15, 0.2) is 0 Å². The van der Waals surface area contributed by atoms with E-state index in [1.54, 1.807) is 36.4 Å².